The summed E-state index contributed by atoms with van der Waals surface area (Å²) in [4.78, 5) is 23.2. The van der Waals surface area contributed by atoms with Gasteiger partial charge in [0.15, 0.2) is 6.61 Å². The van der Waals surface area contributed by atoms with Crippen molar-refractivity contribution in [1.29, 1.82) is 0 Å². The molecule has 0 aliphatic rings. The predicted octanol–water partition coefficient (Wildman–Crippen LogP) is 0.291. The van der Waals surface area contributed by atoms with Crippen molar-refractivity contribution in [2.45, 2.75) is 5.16 Å². The van der Waals surface area contributed by atoms with E-state index in [1.54, 1.807) is 31.3 Å². The number of hydrogen-bond acceptors (Lipinski definition) is 7. The van der Waals surface area contributed by atoms with Gasteiger partial charge in [-0.15, -0.1) is 5.10 Å². The summed E-state index contributed by atoms with van der Waals surface area (Å²) in [5.74, 6) is -0.219. The number of nitrogens with zero attached hydrogens (tertiary/aromatic N) is 4. The normalized spacial score (nSPS) is 10.2. The van der Waals surface area contributed by atoms with Crippen molar-refractivity contribution in [2.75, 3.05) is 12.4 Å². The molecular formula is C12H13BrN6O3S. The Balaban J connectivity index is 1.64. The number of aryl methyl sites for hydroxylation is 1. The summed E-state index contributed by atoms with van der Waals surface area (Å²) in [6.45, 7) is -0.206. The second-order valence-electron chi connectivity index (χ2n) is 4.21. The van der Waals surface area contributed by atoms with Crippen LogP contribution in [0.4, 0.5) is 0 Å². The fraction of sp³-hybridized carbons (Fsp3) is 0.250. The van der Waals surface area contributed by atoms with Crippen LogP contribution in [0.1, 0.15) is 0 Å². The van der Waals surface area contributed by atoms with Crippen molar-refractivity contribution in [1.82, 2.24) is 31.1 Å². The predicted molar refractivity (Wildman–Crippen MR) is 85.4 cm³/mol. The van der Waals surface area contributed by atoms with Crippen LogP contribution >= 0.6 is 27.7 Å². The minimum Gasteiger partial charge on any atom is -0.484 e. The van der Waals surface area contributed by atoms with Crippen LogP contribution in [-0.4, -0.2) is 44.4 Å². The van der Waals surface area contributed by atoms with Gasteiger partial charge in [-0.2, -0.15) is 0 Å². The fourth-order valence-electron chi connectivity index (χ4n) is 1.36. The first kappa shape index (κ1) is 17.2. The first-order valence-electron chi connectivity index (χ1n) is 6.36. The SMILES string of the molecule is Cn1nnnc1SCC(=O)NNC(=O)COc1ccc(Br)cc1. The Morgan fingerprint density at radius 2 is 1.96 bits per heavy atom. The van der Waals surface area contributed by atoms with Crippen molar-refractivity contribution in [3.05, 3.63) is 28.7 Å². The maximum Gasteiger partial charge on any atom is 0.276 e. The number of rotatable bonds is 6. The van der Waals surface area contributed by atoms with E-state index in [4.69, 9.17) is 4.74 Å². The molecule has 1 heterocycles. The number of halogens is 1. The van der Waals surface area contributed by atoms with Gasteiger partial charge in [-0.05, 0) is 34.7 Å². The zero-order valence-corrected chi connectivity index (χ0v) is 14.4. The first-order chi connectivity index (χ1) is 11.0. The number of carbonyl (C=O) groups is 2. The minimum absolute atomic E-state index is 0.0715. The van der Waals surface area contributed by atoms with Crippen LogP contribution in [0.3, 0.4) is 0 Å². The van der Waals surface area contributed by atoms with Crippen LogP contribution in [0.2, 0.25) is 0 Å². The van der Waals surface area contributed by atoms with E-state index in [2.05, 4.69) is 42.3 Å². The average Bonchev–Trinajstić information content (AvgIpc) is 2.95. The quantitative estimate of drug-likeness (QED) is 0.529. The smallest absolute Gasteiger partial charge is 0.276 e. The van der Waals surface area contributed by atoms with Gasteiger partial charge in [0.1, 0.15) is 5.75 Å². The maximum atomic E-state index is 11.6. The van der Waals surface area contributed by atoms with E-state index in [0.29, 0.717) is 10.9 Å². The van der Waals surface area contributed by atoms with Crippen LogP contribution in [0.5, 0.6) is 5.75 Å². The summed E-state index contributed by atoms with van der Waals surface area (Å²) in [7, 11) is 1.67. The van der Waals surface area contributed by atoms with Gasteiger partial charge < -0.3 is 4.74 Å². The number of amides is 2. The highest BCUT2D eigenvalue weighted by atomic mass is 79.9. The van der Waals surface area contributed by atoms with Crippen molar-refractivity contribution in [2.24, 2.45) is 7.05 Å². The number of thioether (sulfide) groups is 1. The first-order valence-corrected chi connectivity index (χ1v) is 8.13. The molecule has 0 unspecified atom stereocenters. The molecule has 0 aliphatic carbocycles. The maximum absolute atomic E-state index is 11.6. The highest BCUT2D eigenvalue weighted by Gasteiger charge is 2.09. The number of hydrazine groups is 1. The lowest BCUT2D eigenvalue weighted by Gasteiger charge is -2.08. The van der Waals surface area contributed by atoms with Gasteiger partial charge in [-0.3, -0.25) is 20.4 Å². The molecule has 2 rings (SSSR count). The molecule has 0 spiro atoms. The van der Waals surface area contributed by atoms with Gasteiger partial charge >= 0.3 is 0 Å². The van der Waals surface area contributed by atoms with E-state index in [-0.39, 0.29) is 18.3 Å². The summed E-state index contributed by atoms with van der Waals surface area (Å²) in [5.41, 5.74) is 4.55. The van der Waals surface area contributed by atoms with Gasteiger partial charge in [0.2, 0.25) is 11.1 Å². The summed E-state index contributed by atoms with van der Waals surface area (Å²) in [6, 6.07) is 7.05. The standard InChI is InChI=1S/C12H13BrN6O3S/c1-19-12(16-17-18-19)23-7-11(21)15-14-10(20)6-22-9-4-2-8(13)3-5-9/h2-5H,6-7H2,1H3,(H,14,20)(H,15,21). The minimum atomic E-state index is -0.466. The molecule has 23 heavy (non-hydrogen) atoms. The van der Waals surface area contributed by atoms with Crippen LogP contribution in [0, 0.1) is 0 Å². The van der Waals surface area contributed by atoms with Gasteiger partial charge in [0, 0.05) is 11.5 Å². The van der Waals surface area contributed by atoms with Crippen LogP contribution in [-0.2, 0) is 16.6 Å². The third kappa shape index (κ3) is 5.87. The number of carbonyl (C=O) groups excluding carboxylic acids is 2. The Hall–Kier alpha value is -2.14. The number of hydrogen-bond donors (Lipinski definition) is 2. The van der Waals surface area contributed by atoms with Gasteiger partial charge in [0.25, 0.3) is 5.91 Å². The molecule has 0 fully saturated rings. The Morgan fingerprint density at radius 3 is 2.61 bits per heavy atom. The lowest BCUT2D eigenvalue weighted by Crippen LogP contribution is -2.44. The van der Waals surface area contributed by atoms with E-state index in [0.717, 1.165) is 16.2 Å². The van der Waals surface area contributed by atoms with Crippen molar-refractivity contribution >= 4 is 39.5 Å². The third-order valence-corrected chi connectivity index (χ3v) is 3.98. The van der Waals surface area contributed by atoms with Crippen molar-refractivity contribution in [3.63, 3.8) is 0 Å². The molecule has 0 bridgehead atoms. The van der Waals surface area contributed by atoms with E-state index in [9.17, 15) is 9.59 Å². The largest absolute Gasteiger partial charge is 0.484 e. The molecule has 0 aliphatic heterocycles. The van der Waals surface area contributed by atoms with Crippen LogP contribution < -0.4 is 15.6 Å². The molecule has 0 atom stereocenters. The zero-order valence-electron chi connectivity index (χ0n) is 12.0. The van der Waals surface area contributed by atoms with Crippen molar-refractivity contribution in [3.8, 4) is 5.75 Å². The molecule has 122 valence electrons. The molecule has 9 nitrogen and oxygen atoms in total. The second-order valence-corrected chi connectivity index (χ2v) is 6.07. The Kier molecular flexibility index (Phi) is 6.35. The van der Waals surface area contributed by atoms with E-state index < -0.39 is 5.91 Å². The average molecular weight is 401 g/mol. The number of aromatic nitrogens is 4. The number of ether oxygens (including phenoxy) is 1. The second kappa shape index (κ2) is 8.48. The molecule has 2 N–H and O–H groups in total. The molecule has 1 aromatic carbocycles. The van der Waals surface area contributed by atoms with E-state index in [1.165, 1.54) is 4.68 Å². The number of nitrogens with one attached hydrogen (secondary N) is 2. The summed E-state index contributed by atoms with van der Waals surface area (Å²) in [5, 5.41) is 11.3. The highest BCUT2D eigenvalue weighted by Crippen LogP contribution is 2.15. The zero-order chi connectivity index (χ0) is 16.7. The summed E-state index contributed by atoms with van der Waals surface area (Å²) in [6.07, 6.45) is 0. The molecule has 11 heteroatoms. The Labute approximate surface area is 144 Å². The van der Waals surface area contributed by atoms with Gasteiger partial charge in [-0.25, -0.2) is 4.68 Å². The van der Waals surface area contributed by atoms with Crippen LogP contribution in [0.25, 0.3) is 0 Å². The topological polar surface area (TPSA) is 111 Å². The van der Waals surface area contributed by atoms with E-state index >= 15 is 0 Å². The third-order valence-electron chi connectivity index (χ3n) is 2.44. The molecule has 2 amide bonds. The highest BCUT2D eigenvalue weighted by molar-refractivity contribution is 9.10. The molecule has 0 saturated carbocycles. The molecular weight excluding hydrogens is 388 g/mol. The van der Waals surface area contributed by atoms with Crippen LogP contribution in [0.15, 0.2) is 33.9 Å². The van der Waals surface area contributed by atoms with E-state index in [1.807, 2.05) is 0 Å². The molecule has 1 aromatic heterocycles. The lowest BCUT2D eigenvalue weighted by atomic mass is 10.3. The van der Waals surface area contributed by atoms with Gasteiger partial charge in [0.05, 0.1) is 5.75 Å². The van der Waals surface area contributed by atoms with Crippen molar-refractivity contribution < 1.29 is 14.3 Å². The molecule has 0 radical (unpaired) electrons. The van der Waals surface area contributed by atoms with Gasteiger partial charge in [-0.1, -0.05) is 27.7 Å². The lowest BCUT2D eigenvalue weighted by molar-refractivity contribution is -0.128. The number of benzene rings is 1. The molecule has 2 aromatic rings. The Bertz CT molecular complexity index is 678. The Morgan fingerprint density at radius 1 is 1.26 bits per heavy atom. The number of tetrazole rings is 1. The molecule has 0 saturated heterocycles. The monoisotopic (exact) mass is 400 g/mol. The fourth-order valence-corrected chi connectivity index (χ4v) is 2.28. The summed E-state index contributed by atoms with van der Waals surface area (Å²) >= 11 is 4.45. The summed E-state index contributed by atoms with van der Waals surface area (Å²) < 4.78 is 7.63.